The highest BCUT2D eigenvalue weighted by molar-refractivity contribution is 7.90. The van der Waals surface area contributed by atoms with Crippen molar-refractivity contribution in [1.29, 1.82) is 0 Å². The lowest BCUT2D eigenvalue weighted by Gasteiger charge is -2.25. The normalized spacial score (nSPS) is 14.1. The van der Waals surface area contributed by atoms with Crippen LogP contribution in [0.1, 0.15) is 36.7 Å². The topological polar surface area (TPSA) is 105 Å². The molecule has 9 heteroatoms. The van der Waals surface area contributed by atoms with Gasteiger partial charge in [-0.3, -0.25) is 9.59 Å². The lowest BCUT2D eigenvalue weighted by Crippen LogP contribution is -2.41. The number of anilines is 1. The van der Waals surface area contributed by atoms with E-state index in [4.69, 9.17) is 4.74 Å². The quantitative estimate of drug-likeness (QED) is 0.708. The van der Waals surface area contributed by atoms with Crippen LogP contribution in [-0.2, 0) is 19.6 Å². The Kier molecular flexibility index (Phi) is 6.21. The third-order valence-corrected chi connectivity index (χ3v) is 5.85. The molecule has 30 heavy (non-hydrogen) atoms. The molecule has 0 bridgehead atoms. The number of sulfonamides is 1. The molecule has 1 heterocycles. The number of rotatable bonds is 6. The largest absolute Gasteiger partial charge is 0.465 e. The zero-order valence-corrected chi connectivity index (χ0v) is 17.8. The summed E-state index contributed by atoms with van der Waals surface area (Å²) >= 11 is 0. The molecule has 2 aromatic carbocycles. The third kappa shape index (κ3) is 4.51. The van der Waals surface area contributed by atoms with Crippen molar-refractivity contribution >= 4 is 33.4 Å². The summed E-state index contributed by atoms with van der Waals surface area (Å²) in [4.78, 5) is 26.2. The molecule has 1 aliphatic heterocycles. The van der Waals surface area contributed by atoms with Crippen molar-refractivity contribution in [3.05, 3.63) is 59.7 Å². The average Bonchev–Trinajstić information content (AvgIpc) is 2.96. The molecule has 0 spiro atoms. The van der Waals surface area contributed by atoms with Gasteiger partial charge in [0.1, 0.15) is 11.4 Å². The molecule has 0 aromatic heterocycles. The first-order valence-corrected chi connectivity index (χ1v) is 10.9. The number of hydrogen-bond acceptors (Lipinski definition) is 6. The van der Waals surface area contributed by atoms with Gasteiger partial charge in [0.05, 0.1) is 6.61 Å². The van der Waals surface area contributed by atoms with Gasteiger partial charge in [-0.25, -0.2) is 0 Å². The Morgan fingerprint density at radius 2 is 1.77 bits per heavy atom. The summed E-state index contributed by atoms with van der Waals surface area (Å²) in [6, 6.07) is 12.9. The number of nitrogens with zero attached hydrogens (tertiary/aromatic N) is 2. The van der Waals surface area contributed by atoms with Gasteiger partial charge in [0.25, 0.3) is 15.9 Å². The second-order valence-electron chi connectivity index (χ2n) is 6.95. The first-order chi connectivity index (χ1) is 14.2. The Balaban J connectivity index is 1.77. The maximum Gasteiger partial charge on any atom is 0.325 e. The number of benzene rings is 2. The van der Waals surface area contributed by atoms with Crippen LogP contribution in [0, 0.1) is 0 Å². The fourth-order valence-corrected chi connectivity index (χ4v) is 4.21. The van der Waals surface area contributed by atoms with Crippen molar-refractivity contribution < 1.29 is 22.7 Å². The van der Waals surface area contributed by atoms with E-state index in [1.807, 2.05) is 13.8 Å². The van der Waals surface area contributed by atoms with Crippen LogP contribution < -0.4 is 5.32 Å². The molecule has 0 saturated heterocycles. The molecule has 1 aliphatic rings. The second-order valence-corrected chi connectivity index (χ2v) is 8.52. The monoisotopic (exact) mass is 429 g/mol. The Bertz CT molecular complexity index is 1090. The summed E-state index contributed by atoms with van der Waals surface area (Å²) in [6.07, 6.45) is 0. The van der Waals surface area contributed by atoms with Crippen molar-refractivity contribution in [2.75, 3.05) is 18.5 Å². The zero-order chi connectivity index (χ0) is 21.9. The van der Waals surface area contributed by atoms with E-state index in [1.54, 1.807) is 49.4 Å². The Morgan fingerprint density at radius 3 is 2.40 bits per heavy atom. The van der Waals surface area contributed by atoms with Crippen molar-refractivity contribution in [3.63, 3.8) is 0 Å². The van der Waals surface area contributed by atoms with Gasteiger partial charge in [0.2, 0.25) is 0 Å². The minimum absolute atomic E-state index is 0.129. The fraction of sp³-hybridized carbons (Fsp3) is 0.286. The molecule has 0 aliphatic carbocycles. The van der Waals surface area contributed by atoms with Gasteiger partial charge >= 0.3 is 5.97 Å². The van der Waals surface area contributed by atoms with Gasteiger partial charge < -0.3 is 15.0 Å². The van der Waals surface area contributed by atoms with Gasteiger partial charge in [0, 0.05) is 22.9 Å². The molecule has 0 radical (unpaired) electrons. The molecular formula is C21H23N3O5S. The minimum Gasteiger partial charge on any atom is -0.465 e. The Morgan fingerprint density at radius 1 is 1.10 bits per heavy atom. The van der Waals surface area contributed by atoms with Crippen LogP contribution in [0.25, 0.3) is 0 Å². The van der Waals surface area contributed by atoms with Gasteiger partial charge in [0.15, 0.2) is 5.84 Å². The highest BCUT2D eigenvalue weighted by atomic mass is 32.2. The van der Waals surface area contributed by atoms with Crippen molar-refractivity contribution in [3.8, 4) is 0 Å². The smallest absolute Gasteiger partial charge is 0.325 e. The average molecular weight is 429 g/mol. The van der Waals surface area contributed by atoms with Crippen LogP contribution in [0.3, 0.4) is 0 Å². The Labute approximate surface area is 175 Å². The van der Waals surface area contributed by atoms with Crippen molar-refractivity contribution in [1.82, 2.24) is 4.90 Å². The molecule has 8 nitrogen and oxygen atoms in total. The van der Waals surface area contributed by atoms with Crippen LogP contribution in [0.4, 0.5) is 5.69 Å². The Hall–Kier alpha value is -3.20. The van der Waals surface area contributed by atoms with Crippen LogP contribution >= 0.6 is 0 Å². The number of carbonyl (C=O) groups is 2. The van der Waals surface area contributed by atoms with Crippen LogP contribution in [0.2, 0.25) is 0 Å². The standard InChI is InChI=1S/C21H23N3O5S/c1-4-29-19(25)13-24(14(2)3)21(26)15-9-11-16(12-10-15)22-20-17-7-5-6-8-18(17)30(27,28)23-20/h5-12,14H,4,13H2,1-3H3,(H,22,23). The lowest BCUT2D eigenvalue weighted by molar-refractivity contribution is -0.144. The molecule has 1 N–H and O–H groups in total. The van der Waals surface area contributed by atoms with E-state index < -0.39 is 16.0 Å². The fourth-order valence-electron chi connectivity index (χ4n) is 3.03. The molecule has 1 amide bonds. The number of amides is 1. The lowest BCUT2D eigenvalue weighted by atomic mass is 10.1. The van der Waals surface area contributed by atoms with E-state index in [0.717, 1.165) is 0 Å². The van der Waals surface area contributed by atoms with E-state index in [-0.39, 0.29) is 35.8 Å². The van der Waals surface area contributed by atoms with Crippen LogP contribution in [-0.4, -0.2) is 50.2 Å². The third-order valence-electron chi connectivity index (χ3n) is 4.52. The molecule has 0 saturated carbocycles. The number of ether oxygens (including phenoxy) is 1. The predicted octanol–water partition coefficient (Wildman–Crippen LogP) is 2.66. The molecule has 3 rings (SSSR count). The molecule has 158 valence electrons. The summed E-state index contributed by atoms with van der Waals surface area (Å²) in [5.74, 6) is -0.525. The van der Waals surface area contributed by atoms with Gasteiger partial charge in [-0.2, -0.15) is 8.42 Å². The molecular weight excluding hydrogens is 406 g/mol. The maximum absolute atomic E-state index is 12.8. The summed E-state index contributed by atoms with van der Waals surface area (Å²) in [5, 5.41) is 2.99. The van der Waals surface area contributed by atoms with E-state index in [0.29, 0.717) is 16.8 Å². The van der Waals surface area contributed by atoms with E-state index in [2.05, 4.69) is 9.71 Å². The highest BCUT2D eigenvalue weighted by Crippen LogP contribution is 2.26. The first kappa shape index (κ1) is 21.5. The van der Waals surface area contributed by atoms with Crippen LogP contribution in [0.5, 0.6) is 0 Å². The van der Waals surface area contributed by atoms with Crippen molar-refractivity contribution in [2.24, 2.45) is 4.40 Å². The first-order valence-electron chi connectivity index (χ1n) is 9.51. The molecule has 0 atom stereocenters. The summed E-state index contributed by atoms with van der Waals surface area (Å²) in [6.45, 7) is 5.48. The predicted molar refractivity (Wildman–Crippen MR) is 113 cm³/mol. The number of nitrogens with one attached hydrogen (secondary N) is 1. The van der Waals surface area contributed by atoms with Crippen molar-refractivity contribution in [2.45, 2.75) is 31.7 Å². The number of carbonyl (C=O) groups excluding carboxylic acids is 2. The van der Waals surface area contributed by atoms with Gasteiger partial charge in [-0.1, -0.05) is 12.1 Å². The second kappa shape index (κ2) is 8.66. The minimum atomic E-state index is -3.71. The van der Waals surface area contributed by atoms with Gasteiger partial charge in [-0.05, 0) is 57.2 Å². The molecule has 0 unspecified atom stereocenters. The highest BCUT2D eigenvalue weighted by Gasteiger charge is 2.28. The summed E-state index contributed by atoms with van der Waals surface area (Å²) in [7, 11) is -3.71. The number of hydrogen-bond donors (Lipinski definition) is 1. The maximum atomic E-state index is 12.8. The number of amidine groups is 1. The van der Waals surface area contributed by atoms with Gasteiger partial charge in [-0.15, -0.1) is 4.40 Å². The zero-order valence-electron chi connectivity index (χ0n) is 17.0. The van der Waals surface area contributed by atoms with E-state index in [9.17, 15) is 18.0 Å². The number of fused-ring (bicyclic) bond motifs is 1. The van der Waals surface area contributed by atoms with Crippen LogP contribution in [0.15, 0.2) is 57.8 Å². The molecule has 2 aromatic rings. The summed E-state index contributed by atoms with van der Waals surface area (Å²) < 4.78 is 33.0. The molecule has 0 fully saturated rings. The summed E-state index contributed by atoms with van der Waals surface area (Å²) in [5.41, 5.74) is 1.48. The van der Waals surface area contributed by atoms with E-state index >= 15 is 0 Å². The number of esters is 1. The van der Waals surface area contributed by atoms with E-state index in [1.165, 1.54) is 11.0 Å². The SMILES string of the molecule is CCOC(=O)CN(C(=O)c1ccc(NC2=NS(=O)(=O)c3ccccc32)cc1)C(C)C.